The number of pyridine rings is 1. The molecule has 1 aromatic carbocycles. The number of hydrogen-bond donors (Lipinski definition) is 2. The van der Waals surface area contributed by atoms with Gasteiger partial charge in [0.1, 0.15) is 0 Å². The topological polar surface area (TPSA) is 49.3 Å². The van der Waals surface area contributed by atoms with Crippen LogP contribution in [0.15, 0.2) is 79.4 Å². The molecule has 1 aromatic heterocycles. The molecule has 1 fully saturated rings. The maximum Gasteiger partial charge on any atom is 0.0481 e. The number of rotatable bonds is 9. The normalized spacial score (nSPS) is 15.6. The van der Waals surface area contributed by atoms with Crippen LogP contribution in [-0.2, 0) is 0 Å². The van der Waals surface area contributed by atoms with E-state index in [0.717, 1.165) is 22.7 Å². The van der Waals surface area contributed by atoms with Gasteiger partial charge in [0.15, 0.2) is 0 Å². The van der Waals surface area contributed by atoms with E-state index in [9.17, 15) is 0 Å². The summed E-state index contributed by atoms with van der Waals surface area (Å²) in [6.45, 7) is 12.0. The predicted octanol–water partition coefficient (Wildman–Crippen LogP) is 6.20. The van der Waals surface area contributed by atoms with Crippen molar-refractivity contribution in [2.75, 3.05) is 5.32 Å². The van der Waals surface area contributed by atoms with Gasteiger partial charge in [0.05, 0.1) is 0 Å². The summed E-state index contributed by atoms with van der Waals surface area (Å²) >= 11 is 0. The van der Waals surface area contributed by atoms with Crippen molar-refractivity contribution in [2.45, 2.75) is 45.1 Å². The van der Waals surface area contributed by atoms with Gasteiger partial charge in [-0.25, -0.2) is 0 Å². The van der Waals surface area contributed by atoms with Crippen LogP contribution in [0.1, 0.15) is 61.8 Å². The van der Waals surface area contributed by atoms with E-state index in [0.29, 0.717) is 5.92 Å². The van der Waals surface area contributed by atoms with E-state index in [2.05, 4.69) is 71.0 Å². The van der Waals surface area contributed by atoms with Crippen LogP contribution in [0, 0.1) is 0 Å². The number of benzene rings is 1. The summed E-state index contributed by atoms with van der Waals surface area (Å²) in [5.41, 5.74) is 6.31. The van der Waals surface area contributed by atoms with Crippen molar-refractivity contribution in [3.63, 3.8) is 0 Å². The molecule has 29 heavy (non-hydrogen) atoms. The maximum atomic E-state index is 4.42. The largest absolute Gasteiger partial charge is 0.383 e. The first-order valence-electron chi connectivity index (χ1n) is 10.2. The van der Waals surface area contributed by atoms with E-state index in [-0.39, 0.29) is 6.04 Å². The summed E-state index contributed by atoms with van der Waals surface area (Å²) in [6.07, 6.45) is 13.1. The molecular weight excluding hydrogens is 356 g/mol. The Morgan fingerprint density at radius 3 is 2.83 bits per heavy atom. The summed E-state index contributed by atoms with van der Waals surface area (Å²) < 4.78 is 0. The summed E-state index contributed by atoms with van der Waals surface area (Å²) in [5.74, 6) is 0.665. The minimum Gasteiger partial charge on any atom is -0.383 e. The minimum atomic E-state index is 0.157. The summed E-state index contributed by atoms with van der Waals surface area (Å²) in [7, 11) is 0. The van der Waals surface area contributed by atoms with Gasteiger partial charge in [0, 0.05) is 53.5 Å². The van der Waals surface area contributed by atoms with E-state index >= 15 is 0 Å². The van der Waals surface area contributed by atoms with Gasteiger partial charge in [-0.3, -0.25) is 9.98 Å². The highest BCUT2D eigenvalue weighted by Gasteiger charge is 2.20. The molecule has 1 unspecified atom stereocenters. The van der Waals surface area contributed by atoms with Gasteiger partial charge < -0.3 is 10.6 Å². The van der Waals surface area contributed by atoms with Crippen molar-refractivity contribution in [3.8, 4) is 0 Å². The van der Waals surface area contributed by atoms with Gasteiger partial charge in [-0.15, -0.1) is 0 Å². The van der Waals surface area contributed by atoms with Crippen molar-refractivity contribution in [1.82, 2.24) is 10.3 Å². The van der Waals surface area contributed by atoms with Gasteiger partial charge in [-0.05, 0) is 68.0 Å². The Labute approximate surface area is 174 Å². The first kappa shape index (κ1) is 20.6. The van der Waals surface area contributed by atoms with Crippen molar-refractivity contribution in [2.24, 2.45) is 4.99 Å². The van der Waals surface area contributed by atoms with Crippen LogP contribution >= 0.6 is 0 Å². The molecule has 0 radical (unpaired) electrons. The van der Waals surface area contributed by atoms with Crippen LogP contribution in [0.5, 0.6) is 0 Å². The maximum absolute atomic E-state index is 4.42. The third-order valence-corrected chi connectivity index (χ3v) is 5.36. The Hall–Kier alpha value is -3.14. The molecule has 3 rings (SSSR count). The lowest BCUT2D eigenvalue weighted by Crippen LogP contribution is -2.12. The molecule has 0 amide bonds. The number of aromatic nitrogens is 1. The number of aliphatic imine (C=N–C) groups is 1. The molecule has 2 N–H and O–H groups in total. The summed E-state index contributed by atoms with van der Waals surface area (Å²) in [5, 5.41) is 6.77. The molecule has 4 heteroatoms. The molecule has 0 spiro atoms. The van der Waals surface area contributed by atoms with Gasteiger partial charge in [0.2, 0.25) is 0 Å². The fourth-order valence-electron chi connectivity index (χ4n) is 3.21. The van der Waals surface area contributed by atoms with E-state index in [1.807, 2.05) is 25.5 Å². The summed E-state index contributed by atoms with van der Waals surface area (Å²) in [6, 6.07) is 10.7. The van der Waals surface area contributed by atoms with Crippen LogP contribution < -0.4 is 10.6 Å². The average molecular weight is 387 g/mol. The average Bonchev–Trinajstić information content (AvgIpc) is 2.70. The van der Waals surface area contributed by atoms with Gasteiger partial charge in [-0.1, -0.05) is 31.7 Å². The van der Waals surface area contributed by atoms with E-state index < -0.39 is 0 Å². The fourth-order valence-corrected chi connectivity index (χ4v) is 3.21. The lowest BCUT2D eigenvalue weighted by atomic mass is 9.80. The van der Waals surface area contributed by atoms with Crippen molar-refractivity contribution < 1.29 is 0 Å². The SMILES string of the molecule is C=CC(C)=NC=CNC(C)c1cccc(NC(=C)c2cncc(C3CCC3)c2)c1. The first-order valence-corrected chi connectivity index (χ1v) is 10.2. The standard InChI is InChI=1S/C25H30N4/c1-5-18(2)27-12-13-28-19(3)22-10-7-11-25(15-22)29-20(4)23-14-24(17-26-16-23)21-8-6-9-21/h5,7,10-17,19,21,28-29H,1,4,6,8-9H2,2-3H3. The number of nitrogens with one attached hydrogen (secondary N) is 2. The quantitative estimate of drug-likeness (QED) is 0.504. The highest BCUT2D eigenvalue weighted by molar-refractivity contribution is 5.92. The van der Waals surface area contributed by atoms with Crippen molar-refractivity contribution >= 4 is 17.1 Å². The van der Waals surface area contributed by atoms with E-state index in [4.69, 9.17) is 0 Å². The highest BCUT2D eigenvalue weighted by Crippen LogP contribution is 2.36. The molecule has 0 bridgehead atoms. The van der Waals surface area contributed by atoms with Crippen LogP contribution in [-0.4, -0.2) is 10.7 Å². The van der Waals surface area contributed by atoms with Crippen LogP contribution in [0.25, 0.3) is 5.70 Å². The Bertz CT molecular complexity index is 922. The Balaban J connectivity index is 1.63. The smallest absolute Gasteiger partial charge is 0.0481 e. The second-order valence-corrected chi connectivity index (χ2v) is 7.54. The molecule has 0 aliphatic heterocycles. The lowest BCUT2D eigenvalue weighted by Gasteiger charge is -2.25. The minimum absolute atomic E-state index is 0.157. The van der Waals surface area contributed by atoms with Crippen LogP contribution in [0.2, 0.25) is 0 Å². The van der Waals surface area contributed by atoms with Gasteiger partial charge in [-0.2, -0.15) is 0 Å². The number of hydrogen-bond acceptors (Lipinski definition) is 4. The fraction of sp³-hybridized carbons (Fsp3) is 0.280. The molecule has 1 atom stereocenters. The third-order valence-electron chi connectivity index (χ3n) is 5.36. The van der Waals surface area contributed by atoms with E-state index in [1.54, 1.807) is 12.3 Å². The Kier molecular flexibility index (Phi) is 7.01. The molecule has 1 aliphatic carbocycles. The zero-order valence-corrected chi connectivity index (χ0v) is 17.4. The second-order valence-electron chi connectivity index (χ2n) is 7.54. The zero-order valence-electron chi connectivity index (χ0n) is 17.4. The molecule has 0 saturated heterocycles. The molecule has 1 aliphatic rings. The van der Waals surface area contributed by atoms with Crippen LogP contribution in [0.3, 0.4) is 0 Å². The predicted molar refractivity (Wildman–Crippen MR) is 124 cm³/mol. The number of allylic oxidation sites excluding steroid dienone is 1. The van der Waals surface area contributed by atoms with Gasteiger partial charge >= 0.3 is 0 Å². The number of nitrogens with zero attached hydrogens (tertiary/aromatic N) is 2. The molecule has 1 heterocycles. The molecule has 2 aromatic rings. The molecule has 1 saturated carbocycles. The second kappa shape index (κ2) is 9.87. The molecule has 4 nitrogen and oxygen atoms in total. The molecule has 150 valence electrons. The Morgan fingerprint density at radius 1 is 1.28 bits per heavy atom. The first-order chi connectivity index (χ1) is 14.1. The van der Waals surface area contributed by atoms with Crippen molar-refractivity contribution in [3.05, 3.63) is 91.0 Å². The zero-order chi connectivity index (χ0) is 20.6. The Morgan fingerprint density at radius 2 is 2.10 bits per heavy atom. The van der Waals surface area contributed by atoms with Crippen LogP contribution in [0.4, 0.5) is 5.69 Å². The van der Waals surface area contributed by atoms with Gasteiger partial charge in [0.25, 0.3) is 0 Å². The monoisotopic (exact) mass is 386 g/mol. The van der Waals surface area contributed by atoms with Crippen molar-refractivity contribution in [1.29, 1.82) is 0 Å². The number of anilines is 1. The van der Waals surface area contributed by atoms with E-state index in [1.165, 1.54) is 30.4 Å². The highest BCUT2D eigenvalue weighted by atomic mass is 14.9. The molecular formula is C25H30N4. The third kappa shape index (κ3) is 5.67. The lowest BCUT2D eigenvalue weighted by molar-refractivity contribution is 0.419. The summed E-state index contributed by atoms with van der Waals surface area (Å²) in [4.78, 5) is 8.68.